The molecule has 0 spiro atoms. The molecule has 0 N–H and O–H groups in total. The maximum atomic E-state index is 13.0. The fourth-order valence-electron chi connectivity index (χ4n) is 3.28. The van der Waals surface area contributed by atoms with E-state index in [2.05, 4.69) is 0 Å². The summed E-state index contributed by atoms with van der Waals surface area (Å²) in [6.07, 6.45) is 1.79. The van der Waals surface area contributed by atoms with Crippen molar-refractivity contribution in [2.24, 2.45) is 0 Å². The Morgan fingerprint density at radius 3 is 2.44 bits per heavy atom. The molecule has 2 aromatic rings. The summed E-state index contributed by atoms with van der Waals surface area (Å²) in [5.41, 5.74) is 1.44. The van der Waals surface area contributed by atoms with Gasteiger partial charge in [0, 0.05) is 27.7 Å². The van der Waals surface area contributed by atoms with Gasteiger partial charge in [-0.3, -0.25) is 4.79 Å². The molecule has 0 bridgehead atoms. The summed E-state index contributed by atoms with van der Waals surface area (Å²) in [4.78, 5) is 14.9. The Balaban J connectivity index is 1.96. The normalized spacial score (nSPS) is 16.8. The van der Waals surface area contributed by atoms with Gasteiger partial charge in [0.1, 0.15) is 11.5 Å². The highest BCUT2D eigenvalue weighted by Gasteiger charge is 2.33. The topological polar surface area (TPSA) is 38.8 Å². The van der Waals surface area contributed by atoms with Crippen molar-refractivity contribution in [3.05, 3.63) is 57.6 Å². The van der Waals surface area contributed by atoms with Gasteiger partial charge in [-0.25, -0.2) is 0 Å². The smallest absolute Gasteiger partial charge is 0.254 e. The highest BCUT2D eigenvalue weighted by Crippen LogP contribution is 2.39. The van der Waals surface area contributed by atoms with Crippen molar-refractivity contribution in [1.82, 2.24) is 4.90 Å². The molecule has 1 heterocycles. The fraction of sp³-hybridized carbons (Fsp3) is 0.316. The average Bonchev–Trinajstić information content (AvgIpc) is 3.09. The molecule has 1 fully saturated rings. The van der Waals surface area contributed by atoms with Gasteiger partial charge in [-0.2, -0.15) is 0 Å². The van der Waals surface area contributed by atoms with Gasteiger partial charge in [0.05, 0.1) is 20.3 Å². The highest BCUT2D eigenvalue weighted by atomic mass is 35.5. The quantitative estimate of drug-likeness (QED) is 0.750. The van der Waals surface area contributed by atoms with Gasteiger partial charge in [-0.15, -0.1) is 0 Å². The molecule has 3 rings (SSSR count). The first-order valence-corrected chi connectivity index (χ1v) is 8.78. The van der Waals surface area contributed by atoms with Crippen molar-refractivity contribution < 1.29 is 14.3 Å². The van der Waals surface area contributed by atoms with Gasteiger partial charge in [0.2, 0.25) is 0 Å². The molecule has 1 atom stereocenters. The number of nitrogens with zero attached hydrogens (tertiary/aromatic N) is 1. The monoisotopic (exact) mass is 379 g/mol. The second-order valence-corrected chi connectivity index (χ2v) is 6.80. The summed E-state index contributed by atoms with van der Waals surface area (Å²) in [6, 6.07) is 10.5. The van der Waals surface area contributed by atoms with Gasteiger partial charge in [0.15, 0.2) is 0 Å². The second kappa shape index (κ2) is 7.54. The van der Waals surface area contributed by atoms with E-state index in [0.29, 0.717) is 22.2 Å². The lowest BCUT2D eigenvalue weighted by molar-refractivity contribution is 0.0734. The highest BCUT2D eigenvalue weighted by molar-refractivity contribution is 6.35. The number of benzene rings is 2. The van der Waals surface area contributed by atoms with Gasteiger partial charge < -0.3 is 14.4 Å². The fourth-order valence-corrected chi connectivity index (χ4v) is 3.80. The van der Waals surface area contributed by atoms with Crippen molar-refractivity contribution >= 4 is 29.1 Å². The summed E-state index contributed by atoms with van der Waals surface area (Å²) in [5, 5.41) is 0.899. The number of hydrogen-bond donors (Lipinski definition) is 0. The lowest BCUT2D eigenvalue weighted by Gasteiger charge is -2.27. The molecule has 4 nitrogen and oxygen atoms in total. The molecule has 0 saturated carbocycles. The molecule has 1 amide bonds. The van der Waals surface area contributed by atoms with E-state index in [1.165, 1.54) is 0 Å². The van der Waals surface area contributed by atoms with Crippen LogP contribution < -0.4 is 9.47 Å². The standard InChI is InChI=1S/C19H19Cl2NO3/c1-24-15-5-6-18(25-2)16(11-15)17-4-3-7-22(17)19(23)12-8-13(20)10-14(21)9-12/h5-6,8-11,17H,3-4,7H2,1-2H3. The Morgan fingerprint density at radius 2 is 1.80 bits per heavy atom. The number of halogens is 2. The molecule has 1 unspecified atom stereocenters. The van der Waals surface area contributed by atoms with Crippen LogP contribution in [-0.4, -0.2) is 31.6 Å². The Labute approximate surface area is 157 Å². The van der Waals surface area contributed by atoms with Gasteiger partial charge >= 0.3 is 0 Å². The minimum atomic E-state index is -0.0863. The zero-order chi connectivity index (χ0) is 18.0. The SMILES string of the molecule is COc1ccc(OC)c(C2CCCN2C(=O)c2cc(Cl)cc(Cl)c2)c1. The summed E-state index contributed by atoms with van der Waals surface area (Å²) in [7, 11) is 3.25. The van der Waals surface area contributed by atoms with Crippen molar-refractivity contribution in [2.75, 3.05) is 20.8 Å². The van der Waals surface area contributed by atoms with Crippen LogP contribution in [0.15, 0.2) is 36.4 Å². The zero-order valence-electron chi connectivity index (χ0n) is 14.1. The molecule has 6 heteroatoms. The number of amides is 1. The Morgan fingerprint density at radius 1 is 1.08 bits per heavy atom. The molecular weight excluding hydrogens is 361 g/mol. The third-order valence-corrected chi connectivity index (χ3v) is 4.86. The molecule has 1 aliphatic heterocycles. The molecule has 0 radical (unpaired) electrons. The van der Waals surface area contributed by atoms with E-state index in [1.54, 1.807) is 32.4 Å². The number of carbonyl (C=O) groups excluding carboxylic acids is 1. The first kappa shape index (κ1) is 17.9. The Kier molecular flexibility index (Phi) is 5.40. The van der Waals surface area contributed by atoms with Crippen molar-refractivity contribution in [3.8, 4) is 11.5 Å². The number of hydrogen-bond acceptors (Lipinski definition) is 3. The second-order valence-electron chi connectivity index (χ2n) is 5.92. The summed E-state index contributed by atoms with van der Waals surface area (Å²) in [6.45, 7) is 0.675. The average molecular weight is 380 g/mol. The van der Waals surface area contributed by atoms with Crippen molar-refractivity contribution in [3.63, 3.8) is 0 Å². The van der Waals surface area contributed by atoms with E-state index in [0.717, 1.165) is 29.9 Å². The predicted molar refractivity (Wildman–Crippen MR) is 99.0 cm³/mol. The predicted octanol–water partition coefficient (Wildman–Crippen LogP) is 4.99. The minimum absolute atomic E-state index is 0.0738. The van der Waals surface area contributed by atoms with Gasteiger partial charge in [-0.1, -0.05) is 23.2 Å². The molecule has 132 valence electrons. The summed E-state index contributed by atoms with van der Waals surface area (Å²) in [5.74, 6) is 1.40. The number of rotatable bonds is 4. The largest absolute Gasteiger partial charge is 0.497 e. The van der Waals surface area contributed by atoms with E-state index in [1.807, 2.05) is 23.1 Å². The number of methoxy groups -OCH3 is 2. The molecule has 25 heavy (non-hydrogen) atoms. The molecule has 1 saturated heterocycles. The number of carbonyl (C=O) groups is 1. The number of likely N-dealkylation sites (tertiary alicyclic amines) is 1. The Bertz CT molecular complexity index is 774. The van der Waals surface area contributed by atoms with Crippen LogP contribution in [-0.2, 0) is 0 Å². The maximum absolute atomic E-state index is 13.0. The lowest BCUT2D eigenvalue weighted by Crippen LogP contribution is -2.30. The third kappa shape index (κ3) is 3.70. The van der Waals surface area contributed by atoms with Crippen LogP contribution in [0.3, 0.4) is 0 Å². The van der Waals surface area contributed by atoms with Crippen LogP contribution in [0.25, 0.3) is 0 Å². The van der Waals surface area contributed by atoms with Gasteiger partial charge in [0.25, 0.3) is 5.91 Å². The summed E-state index contributed by atoms with van der Waals surface area (Å²) >= 11 is 12.1. The van der Waals surface area contributed by atoms with E-state index in [9.17, 15) is 4.79 Å². The first-order valence-electron chi connectivity index (χ1n) is 8.02. The van der Waals surface area contributed by atoms with E-state index in [-0.39, 0.29) is 11.9 Å². The van der Waals surface area contributed by atoms with Crippen LogP contribution in [0.4, 0.5) is 0 Å². The van der Waals surface area contributed by atoms with Crippen LogP contribution in [0.5, 0.6) is 11.5 Å². The molecule has 0 aliphatic carbocycles. The van der Waals surface area contributed by atoms with Crippen LogP contribution in [0.1, 0.15) is 34.8 Å². The van der Waals surface area contributed by atoms with E-state index >= 15 is 0 Å². The maximum Gasteiger partial charge on any atom is 0.254 e. The minimum Gasteiger partial charge on any atom is -0.497 e. The molecular formula is C19H19Cl2NO3. The van der Waals surface area contributed by atoms with E-state index < -0.39 is 0 Å². The van der Waals surface area contributed by atoms with Crippen molar-refractivity contribution in [2.45, 2.75) is 18.9 Å². The molecule has 1 aliphatic rings. The summed E-state index contributed by atoms with van der Waals surface area (Å²) < 4.78 is 10.8. The zero-order valence-corrected chi connectivity index (χ0v) is 15.6. The third-order valence-electron chi connectivity index (χ3n) is 4.42. The molecule has 2 aromatic carbocycles. The van der Waals surface area contributed by atoms with E-state index in [4.69, 9.17) is 32.7 Å². The number of ether oxygens (including phenoxy) is 2. The van der Waals surface area contributed by atoms with Crippen LogP contribution in [0.2, 0.25) is 10.0 Å². The Hall–Kier alpha value is -1.91. The van der Waals surface area contributed by atoms with Gasteiger partial charge in [-0.05, 0) is 49.2 Å². The van der Waals surface area contributed by atoms with Crippen LogP contribution in [0, 0.1) is 0 Å². The van der Waals surface area contributed by atoms with Crippen molar-refractivity contribution in [1.29, 1.82) is 0 Å². The van der Waals surface area contributed by atoms with Crippen LogP contribution >= 0.6 is 23.2 Å². The first-order chi connectivity index (χ1) is 12.0. The molecule has 0 aromatic heterocycles. The lowest BCUT2D eigenvalue weighted by atomic mass is 10.0.